The summed E-state index contributed by atoms with van der Waals surface area (Å²) in [6.07, 6.45) is -0.758. The van der Waals surface area contributed by atoms with E-state index in [9.17, 15) is 9.59 Å². The zero-order chi connectivity index (χ0) is 18.6. The first kappa shape index (κ1) is 18.3. The van der Waals surface area contributed by atoms with E-state index in [2.05, 4.69) is 0 Å². The monoisotopic (exact) mass is 344 g/mol. The van der Waals surface area contributed by atoms with Gasteiger partial charge in [0.05, 0.1) is 19.6 Å². The van der Waals surface area contributed by atoms with Crippen LogP contribution in [0.3, 0.4) is 0 Å². The number of fused-ring (bicyclic) bond motifs is 1. The fraction of sp³-hybridized carbons (Fsp3) is 0.389. The maximum atomic E-state index is 12.4. The van der Waals surface area contributed by atoms with Crippen molar-refractivity contribution in [2.45, 2.75) is 26.4 Å². The molecule has 0 saturated carbocycles. The summed E-state index contributed by atoms with van der Waals surface area (Å²) in [5, 5.41) is 9.32. The van der Waals surface area contributed by atoms with Gasteiger partial charge in [-0.15, -0.1) is 0 Å². The van der Waals surface area contributed by atoms with Gasteiger partial charge >= 0.3 is 5.97 Å². The number of carbonyl (C=O) groups excluding carboxylic acids is 2. The predicted molar refractivity (Wildman–Crippen MR) is 90.2 cm³/mol. The van der Waals surface area contributed by atoms with E-state index in [0.29, 0.717) is 16.9 Å². The van der Waals surface area contributed by atoms with Crippen LogP contribution in [0.25, 0.3) is 11.0 Å². The minimum Gasteiger partial charge on any atom is -0.497 e. The molecular weight excluding hydrogens is 324 g/mol. The van der Waals surface area contributed by atoms with Gasteiger partial charge in [-0.2, -0.15) is 5.26 Å². The molecule has 0 aliphatic carbocycles. The van der Waals surface area contributed by atoms with Gasteiger partial charge in [0.15, 0.2) is 6.10 Å². The molecular formula is C18H20N2O5. The van der Waals surface area contributed by atoms with Crippen LogP contribution in [0.1, 0.15) is 29.5 Å². The van der Waals surface area contributed by atoms with Crippen LogP contribution in [-0.2, 0) is 9.53 Å². The second-order valence-corrected chi connectivity index (χ2v) is 5.63. The third-order valence-electron chi connectivity index (χ3n) is 3.90. The van der Waals surface area contributed by atoms with Gasteiger partial charge in [0.25, 0.3) is 5.91 Å². The van der Waals surface area contributed by atoms with Crippen molar-refractivity contribution in [3.63, 3.8) is 0 Å². The van der Waals surface area contributed by atoms with Crippen molar-refractivity contribution in [1.29, 1.82) is 5.26 Å². The molecule has 0 radical (unpaired) electrons. The Morgan fingerprint density at radius 1 is 1.40 bits per heavy atom. The molecule has 7 nitrogen and oxygen atoms in total. The lowest BCUT2D eigenvalue weighted by Gasteiger charge is -2.20. The molecule has 0 aliphatic heterocycles. The van der Waals surface area contributed by atoms with E-state index in [4.69, 9.17) is 19.2 Å². The summed E-state index contributed by atoms with van der Waals surface area (Å²) in [5.74, 6) is -0.372. The Morgan fingerprint density at radius 2 is 2.12 bits per heavy atom. The van der Waals surface area contributed by atoms with Crippen LogP contribution in [-0.4, -0.2) is 43.6 Å². The smallest absolute Gasteiger partial charge is 0.375 e. The van der Waals surface area contributed by atoms with E-state index >= 15 is 0 Å². The number of rotatable bonds is 6. The number of hydrogen-bond acceptors (Lipinski definition) is 6. The number of amides is 1. The third-order valence-corrected chi connectivity index (χ3v) is 3.90. The Kier molecular flexibility index (Phi) is 5.65. The van der Waals surface area contributed by atoms with Crippen LogP contribution in [0.2, 0.25) is 0 Å². The number of hydrogen-bond donors (Lipinski definition) is 0. The van der Waals surface area contributed by atoms with Crippen LogP contribution < -0.4 is 4.74 Å². The Bertz CT molecular complexity index is 834. The summed E-state index contributed by atoms with van der Waals surface area (Å²) in [6.45, 7) is 3.51. The molecule has 1 aromatic heterocycles. The number of nitriles is 1. The number of likely N-dealkylation sites (N-methyl/N-ethyl adjacent to an activating group) is 1. The molecule has 2 aromatic rings. The lowest BCUT2D eigenvalue weighted by Crippen LogP contribution is -2.37. The predicted octanol–water partition coefficient (Wildman–Crippen LogP) is 2.67. The second kappa shape index (κ2) is 7.71. The van der Waals surface area contributed by atoms with Gasteiger partial charge in [-0.1, -0.05) is 0 Å². The van der Waals surface area contributed by atoms with Crippen molar-refractivity contribution < 1.29 is 23.5 Å². The van der Waals surface area contributed by atoms with Gasteiger partial charge in [-0.3, -0.25) is 4.79 Å². The zero-order valence-corrected chi connectivity index (χ0v) is 14.7. The normalized spacial score (nSPS) is 11.6. The van der Waals surface area contributed by atoms with Crippen LogP contribution in [0, 0.1) is 18.3 Å². The highest BCUT2D eigenvalue weighted by atomic mass is 16.6. The summed E-state index contributed by atoms with van der Waals surface area (Å²) < 4.78 is 16.0. The molecule has 1 amide bonds. The van der Waals surface area contributed by atoms with Gasteiger partial charge in [0, 0.05) is 24.5 Å². The molecule has 0 aliphatic rings. The van der Waals surface area contributed by atoms with Crippen LogP contribution in [0.4, 0.5) is 0 Å². The van der Waals surface area contributed by atoms with E-state index in [0.717, 1.165) is 5.39 Å². The van der Waals surface area contributed by atoms with Crippen molar-refractivity contribution in [3.05, 3.63) is 29.5 Å². The summed E-state index contributed by atoms with van der Waals surface area (Å²) in [7, 11) is 3.12. The summed E-state index contributed by atoms with van der Waals surface area (Å²) >= 11 is 0. The number of methoxy groups -OCH3 is 1. The fourth-order valence-corrected chi connectivity index (χ4v) is 2.42. The molecule has 7 heteroatoms. The van der Waals surface area contributed by atoms with Crippen molar-refractivity contribution in [2.75, 3.05) is 20.7 Å². The standard InChI is InChI=1S/C18H20N2O5/c1-11-14-10-13(23-4)6-7-15(14)25-16(11)18(22)24-12(2)17(21)20(3)9-5-8-19/h6-7,10,12H,5,9H2,1-4H3/t12-/m1/s1. The molecule has 1 heterocycles. The summed E-state index contributed by atoms with van der Waals surface area (Å²) in [5.41, 5.74) is 1.16. The van der Waals surface area contributed by atoms with Gasteiger partial charge in [-0.05, 0) is 32.0 Å². The highest BCUT2D eigenvalue weighted by molar-refractivity contribution is 5.97. The van der Waals surface area contributed by atoms with Crippen molar-refractivity contribution >= 4 is 22.8 Å². The van der Waals surface area contributed by atoms with Gasteiger partial charge < -0.3 is 18.8 Å². The highest BCUT2D eigenvalue weighted by Gasteiger charge is 2.26. The lowest BCUT2D eigenvalue weighted by molar-refractivity contribution is -0.138. The minimum absolute atomic E-state index is 0.0579. The first-order chi connectivity index (χ1) is 11.9. The Morgan fingerprint density at radius 3 is 2.76 bits per heavy atom. The summed E-state index contributed by atoms with van der Waals surface area (Å²) in [4.78, 5) is 25.9. The molecule has 2 rings (SSSR count). The van der Waals surface area contributed by atoms with Gasteiger partial charge in [0.1, 0.15) is 11.3 Å². The topological polar surface area (TPSA) is 92.8 Å². The fourth-order valence-electron chi connectivity index (χ4n) is 2.42. The molecule has 1 atom stereocenters. The molecule has 0 N–H and O–H groups in total. The zero-order valence-electron chi connectivity index (χ0n) is 14.7. The van der Waals surface area contributed by atoms with Crippen LogP contribution in [0.15, 0.2) is 22.6 Å². The number of esters is 1. The number of carbonyl (C=O) groups is 2. The Labute approximate surface area is 145 Å². The second-order valence-electron chi connectivity index (χ2n) is 5.63. The van der Waals surface area contributed by atoms with Gasteiger partial charge in [0.2, 0.25) is 5.76 Å². The number of benzene rings is 1. The molecule has 132 valence electrons. The van der Waals surface area contributed by atoms with Gasteiger partial charge in [-0.25, -0.2) is 4.79 Å². The van der Waals surface area contributed by atoms with Crippen LogP contribution in [0.5, 0.6) is 5.75 Å². The number of nitrogens with zero attached hydrogens (tertiary/aromatic N) is 2. The minimum atomic E-state index is -0.974. The van der Waals surface area contributed by atoms with Crippen LogP contribution >= 0.6 is 0 Å². The van der Waals surface area contributed by atoms with Crippen molar-refractivity contribution in [3.8, 4) is 11.8 Å². The number of ether oxygens (including phenoxy) is 2. The third kappa shape index (κ3) is 3.91. The van der Waals surface area contributed by atoms with E-state index in [-0.39, 0.29) is 24.6 Å². The quantitative estimate of drug-likeness (QED) is 0.748. The molecule has 1 aromatic carbocycles. The summed E-state index contributed by atoms with van der Waals surface area (Å²) in [6, 6.07) is 7.18. The maximum absolute atomic E-state index is 12.4. The number of furan rings is 1. The van der Waals surface area contributed by atoms with E-state index < -0.39 is 12.1 Å². The SMILES string of the molecule is COc1ccc2oc(C(=O)O[C@H](C)C(=O)N(C)CCC#N)c(C)c2c1. The largest absolute Gasteiger partial charge is 0.497 e. The molecule has 25 heavy (non-hydrogen) atoms. The average molecular weight is 344 g/mol. The van der Waals surface area contributed by atoms with Crippen molar-refractivity contribution in [1.82, 2.24) is 4.90 Å². The lowest BCUT2D eigenvalue weighted by atomic mass is 10.1. The Balaban J connectivity index is 2.15. The first-order valence-electron chi connectivity index (χ1n) is 7.79. The molecule has 0 unspecified atom stereocenters. The Hall–Kier alpha value is -3.01. The molecule has 0 bridgehead atoms. The van der Waals surface area contributed by atoms with E-state index in [1.165, 1.54) is 11.8 Å². The van der Waals surface area contributed by atoms with E-state index in [1.54, 1.807) is 39.3 Å². The van der Waals surface area contributed by atoms with Crippen molar-refractivity contribution in [2.24, 2.45) is 0 Å². The maximum Gasteiger partial charge on any atom is 0.375 e. The highest BCUT2D eigenvalue weighted by Crippen LogP contribution is 2.29. The molecule has 0 fully saturated rings. The average Bonchev–Trinajstić information content (AvgIpc) is 2.95. The number of aryl methyl sites for hydroxylation is 1. The molecule has 0 spiro atoms. The first-order valence-corrected chi connectivity index (χ1v) is 7.79. The van der Waals surface area contributed by atoms with E-state index in [1.807, 2.05) is 6.07 Å². The molecule has 0 saturated heterocycles.